The summed E-state index contributed by atoms with van der Waals surface area (Å²) in [4.78, 5) is 15.2. The molecular formula is C14H15N3OS2. The van der Waals surface area contributed by atoms with Gasteiger partial charge in [0, 0.05) is 23.9 Å². The maximum Gasteiger partial charge on any atom is 0.261 e. The van der Waals surface area contributed by atoms with E-state index in [9.17, 15) is 4.79 Å². The van der Waals surface area contributed by atoms with Gasteiger partial charge in [-0.15, -0.1) is 22.7 Å². The third-order valence-corrected chi connectivity index (χ3v) is 5.29. The molecule has 0 aliphatic heterocycles. The maximum atomic E-state index is 12.1. The van der Waals surface area contributed by atoms with E-state index in [1.165, 1.54) is 16.2 Å². The number of amides is 1. The lowest BCUT2D eigenvalue weighted by Gasteiger charge is -2.01. The van der Waals surface area contributed by atoms with Gasteiger partial charge in [-0.1, -0.05) is 6.07 Å². The molecule has 0 aromatic carbocycles. The maximum absolute atomic E-state index is 12.1. The molecule has 0 atom stereocenters. The third kappa shape index (κ3) is 2.48. The number of aryl methyl sites for hydroxylation is 2. The number of rotatable bonds is 4. The lowest BCUT2D eigenvalue weighted by molar-refractivity contribution is 0.0958. The van der Waals surface area contributed by atoms with Crippen molar-refractivity contribution in [1.29, 1.82) is 0 Å². The Morgan fingerprint density at radius 1 is 1.50 bits per heavy atom. The number of thiophene rings is 2. The molecule has 0 radical (unpaired) electrons. The number of carbonyl (C=O) groups is 1. The number of aromatic nitrogens is 2. The van der Waals surface area contributed by atoms with Crippen LogP contribution in [-0.2, 0) is 13.5 Å². The van der Waals surface area contributed by atoms with E-state index in [2.05, 4.69) is 21.9 Å². The summed E-state index contributed by atoms with van der Waals surface area (Å²) in [6.45, 7) is 2.64. The summed E-state index contributed by atoms with van der Waals surface area (Å²) < 4.78 is 1.83. The molecular weight excluding hydrogens is 290 g/mol. The topological polar surface area (TPSA) is 46.9 Å². The molecule has 0 fully saturated rings. The van der Waals surface area contributed by atoms with Crippen LogP contribution in [0.2, 0.25) is 0 Å². The number of carbonyl (C=O) groups excluding carboxylic acids is 1. The van der Waals surface area contributed by atoms with E-state index in [0.717, 1.165) is 27.2 Å². The van der Waals surface area contributed by atoms with Crippen LogP contribution in [-0.4, -0.2) is 22.2 Å². The zero-order chi connectivity index (χ0) is 14.1. The minimum absolute atomic E-state index is 0.00200. The smallest absolute Gasteiger partial charge is 0.261 e. The highest BCUT2D eigenvalue weighted by Crippen LogP contribution is 2.27. The fourth-order valence-corrected chi connectivity index (χ4v) is 3.91. The van der Waals surface area contributed by atoms with E-state index >= 15 is 0 Å². The number of nitrogens with zero attached hydrogens (tertiary/aromatic N) is 2. The standard InChI is InChI=1S/C14H15N3OS2/c1-9-11-8-12(20-14(11)17(2)16-9)13(18)15-6-5-10-4-3-7-19-10/h3-4,7-8H,5-6H2,1-2H3,(H,15,18). The second kappa shape index (κ2) is 5.38. The van der Waals surface area contributed by atoms with Gasteiger partial charge in [0.05, 0.1) is 10.6 Å². The summed E-state index contributed by atoms with van der Waals surface area (Å²) in [6, 6.07) is 6.05. The molecule has 3 aromatic heterocycles. The van der Waals surface area contributed by atoms with E-state index < -0.39 is 0 Å². The van der Waals surface area contributed by atoms with Crippen molar-refractivity contribution in [3.05, 3.63) is 39.0 Å². The van der Waals surface area contributed by atoms with Gasteiger partial charge in [0.2, 0.25) is 0 Å². The fourth-order valence-electron chi connectivity index (χ4n) is 2.16. The molecule has 6 heteroatoms. The third-order valence-electron chi connectivity index (χ3n) is 3.16. The van der Waals surface area contributed by atoms with Crippen LogP contribution in [0.4, 0.5) is 0 Å². The first-order chi connectivity index (χ1) is 9.65. The molecule has 3 heterocycles. The Hall–Kier alpha value is -1.66. The molecule has 20 heavy (non-hydrogen) atoms. The van der Waals surface area contributed by atoms with E-state index in [1.807, 2.05) is 30.8 Å². The van der Waals surface area contributed by atoms with Crippen molar-refractivity contribution in [2.24, 2.45) is 7.05 Å². The Balaban J connectivity index is 1.67. The van der Waals surface area contributed by atoms with Crippen LogP contribution in [0.15, 0.2) is 23.6 Å². The fraction of sp³-hybridized carbons (Fsp3) is 0.286. The lowest BCUT2D eigenvalue weighted by atomic mass is 10.3. The quantitative estimate of drug-likeness (QED) is 0.805. The summed E-state index contributed by atoms with van der Waals surface area (Å²) in [5.41, 5.74) is 0.969. The highest BCUT2D eigenvalue weighted by molar-refractivity contribution is 7.20. The average Bonchev–Trinajstić information content (AvgIpc) is 3.11. The SMILES string of the molecule is Cc1nn(C)c2sc(C(=O)NCCc3cccs3)cc12. The Morgan fingerprint density at radius 2 is 2.35 bits per heavy atom. The molecule has 1 amide bonds. The summed E-state index contributed by atoms with van der Waals surface area (Å²) in [5, 5.41) is 10.4. The monoisotopic (exact) mass is 305 g/mol. The second-order valence-electron chi connectivity index (χ2n) is 4.62. The zero-order valence-electron chi connectivity index (χ0n) is 11.3. The van der Waals surface area contributed by atoms with E-state index in [-0.39, 0.29) is 5.91 Å². The Bertz CT molecular complexity index is 705. The lowest BCUT2D eigenvalue weighted by Crippen LogP contribution is -2.24. The van der Waals surface area contributed by atoms with Gasteiger partial charge in [-0.25, -0.2) is 0 Å². The Morgan fingerprint density at radius 3 is 3.05 bits per heavy atom. The van der Waals surface area contributed by atoms with E-state index in [0.29, 0.717) is 6.54 Å². The highest BCUT2D eigenvalue weighted by Gasteiger charge is 2.14. The first kappa shape index (κ1) is 13.3. The predicted octanol–water partition coefficient (Wildman–Crippen LogP) is 2.98. The van der Waals surface area contributed by atoms with Crippen LogP contribution in [0.3, 0.4) is 0 Å². The molecule has 0 bridgehead atoms. The molecule has 1 N–H and O–H groups in total. The van der Waals surface area contributed by atoms with Crippen molar-refractivity contribution < 1.29 is 4.79 Å². The summed E-state index contributed by atoms with van der Waals surface area (Å²) in [7, 11) is 1.91. The van der Waals surface area contributed by atoms with Gasteiger partial charge < -0.3 is 5.32 Å². The van der Waals surface area contributed by atoms with E-state index in [1.54, 1.807) is 11.3 Å². The van der Waals surface area contributed by atoms with Gasteiger partial charge in [-0.3, -0.25) is 9.48 Å². The van der Waals surface area contributed by atoms with Crippen molar-refractivity contribution in [2.45, 2.75) is 13.3 Å². The molecule has 3 aromatic rings. The zero-order valence-corrected chi connectivity index (χ0v) is 13.0. The van der Waals surface area contributed by atoms with Gasteiger partial charge in [0.1, 0.15) is 4.83 Å². The first-order valence-electron chi connectivity index (χ1n) is 6.39. The average molecular weight is 305 g/mol. The van der Waals surface area contributed by atoms with Crippen LogP contribution >= 0.6 is 22.7 Å². The molecule has 0 aliphatic rings. The van der Waals surface area contributed by atoms with Crippen molar-refractivity contribution in [3.8, 4) is 0 Å². The van der Waals surface area contributed by atoms with Crippen molar-refractivity contribution in [2.75, 3.05) is 6.54 Å². The van der Waals surface area contributed by atoms with Gasteiger partial charge >= 0.3 is 0 Å². The van der Waals surface area contributed by atoms with Crippen LogP contribution in [0.25, 0.3) is 10.2 Å². The number of nitrogens with one attached hydrogen (secondary N) is 1. The summed E-state index contributed by atoms with van der Waals surface area (Å²) in [6.07, 6.45) is 0.884. The molecule has 3 rings (SSSR count). The van der Waals surface area contributed by atoms with E-state index in [4.69, 9.17) is 0 Å². The summed E-state index contributed by atoms with van der Waals surface area (Å²) in [5.74, 6) is 0.00200. The summed E-state index contributed by atoms with van der Waals surface area (Å²) >= 11 is 3.21. The van der Waals surface area contributed by atoms with Crippen LogP contribution < -0.4 is 5.32 Å². The van der Waals surface area contributed by atoms with Gasteiger partial charge in [0.25, 0.3) is 5.91 Å². The minimum atomic E-state index is 0.00200. The van der Waals surface area contributed by atoms with Crippen molar-refractivity contribution in [1.82, 2.24) is 15.1 Å². The minimum Gasteiger partial charge on any atom is -0.351 e. The first-order valence-corrected chi connectivity index (χ1v) is 8.08. The largest absolute Gasteiger partial charge is 0.351 e. The van der Waals surface area contributed by atoms with Crippen molar-refractivity contribution in [3.63, 3.8) is 0 Å². The van der Waals surface area contributed by atoms with Crippen LogP contribution in [0.5, 0.6) is 0 Å². The Kier molecular flexibility index (Phi) is 3.58. The van der Waals surface area contributed by atoms with Gasteiger partial charge in [-0.05, 0) is 30.9 Å². The van der Waals surface area contributed by atoms with Gasteiger partial charge in [-0.2, -0.15) is 5.10 Å². The molecule has 104 valence electrons. The Labute approximate surface area is 125 Å². The highest BCUT2D eigenvalue weighted by atomic mass is 32.1. The van der Waals surface area contributed by atoms with Crippen LogP contribution in [0.1, 0.15) is 20.2 Å². The molecule has 0 saturated heterocycles. The molecule has 4 nitrogen and oxygen atoms in total. The molecule has 0 aliphatic carbocycles. The number of hydrogen-bond acceptors (Lipinski definition) is 4. The second-order valence-corrected chi connectivity index (χ2v) is 6.69. The van der Waals surface area contributed by atoms with Crippen LogP contribution in [0, 0.1) is 6.92 Å². The normalized spacial score (nSPS) is 11.1. The molecule has 0 saturated carbocycles. The van der Waals surface area contributed by atoms with Crippen molar-refractivity contribution >= 4 is 38.8 Å². The molecule has 0 unspecified atom stereocenters. The van der Waals surface area contributed by atoms with Gasteiger partial charge in [0.15, 0.2) is 0 Å². The number of fused-ring (bicyclic) bond motifs is 1. The number of hydrogen-bond donors (Lipinski definition) is 1. The predicted molar refractivity (Wildman–Crippen MR) is 83.7 cm³/mol. The molecule has 0 spiro atoms.